The minimum absolute atomic E-state index is 0.207. The van der Waals surface area contributed by atoms with E-state index in [2.05, 4.69) is 11.4 Å². The first-order chi connectivity index (χ1) is 5.83. The Balaban J connectivity index is 2.44. The van der Waals surface area contributed by atoms with Gasteiger partial charge in [0.2, 0.25) is 0 Å². The molecule has 0 amide bonds. The van der Waals surface area contributed by atoms with Crippen molar-refractivity contribution in [1.29, 1.82) is 5.26 Å². The van der Waals surface area contributed by atoms with Crippen molar-refractivity contribution >= 4 is 0 Å². The second-order valence-corrected chi connectivity index (χ2v) is 3.28. The molecule has 1 saturated heterocycles. The molecule has 68 valence electrons. The Bertz CT molecular complexity index is 168. The van der Waals surface area contributed by atoms with Crippen LogP contribution in [0.3, 0.4) is 0 Å². The average molecular weight is 168 g/mol. The highest BCUT2D eigenvalue weighted by Crippen LogP contribution is 2.27. The van der Waals surface area contributed by atoms with Crippen molar-refractivity contribution in [2.75, 3.05) is 26.3 Å². The van der Waals surface area contributed by atoms with Gasteiger partial charge in [0.05, 0.1) is 18.1 Å². The van der Waals surface area contributed by atoms with Crippen molar-refractivity contribution in [1.82, 2.24) is 5.32 Å². The number of hydrogen-bond acceptors (Lipinski definition) is 3. The van der Waals surface area contributed by atoms with E-state index < -0.39 is 0 Å². The van der Waals surface area contributed by atoms with E-state index in [9.17, 15) is 0 Å². The van der Waals surface area contributed by atoms with Gasteiger partial charge < -0.3 is 10.1 Å². The van der Waals surface area contributed by atoms with Crippen LogP contribution in [0.4, 0.5) is 0 Å². The molecule has 1 aliphatic rings. The lowest BCUT2D eigenvalue weighted by Gasteiger charge is -2.30. The topological polar surface area (TPSA) is 45.0 Å². The fourth-order valence-electron chi connectivity index (χ4n) is 1.49. The maximum absolute atomic E-state index is 9.01. The smallest absolute Gasteiger partial charge is 0.0831 e. The first-order valence-corrected chi connectivity index (χ1v) is 4.53. The van der Waals surface area contributed by atoms with Gasteiger partial charge in [0, 0.05) is 6.61 Å². The predicted molar refractivity (Wildman–Crippen MR) is 46.6 cm³/mol. The molecular formula is C9H16N2O. The lowest BCUT2D eigenvalue weighted by Crippen LogP contribution is -2.38. The fraction of sp³-hybridized carbons (Fsp3) is 0.889. The van der Waals surface area contributed by atoms with Crippen molar-refractivity contribution in [3.63, 3.8) is 0 Å². The number of nitrogens with zero attached hydrogens (tertiary/aromatic N) is 1. The molecule has 3 nitrogen and oxygen atoms in total. The summed E-state index contributed by atoms with van der Waals surface area (Å²) in [5, 5.41) is 12.3. The zero-order valence-electron chi connectivity index (χ0n) is 7.60. The molecule has 1 heterocycles. The summed E-state index contributed by atoms with van der Waals surface area (Å²) in [5.74, 6) is 0. The van der Waals surface area contributed by atoms with Crippen LogP contribution in [0.5, 0.6) is 0 Å². The molecule has 1 aliphatic heterocycles. The Morgan fingerprint density at radius 3 is 2.67 bits per heavy atom. The van der Waals surface area contributed by atoms with E-state index in [-0.39, 0.29) is 5.41 Å². The van der Waals surface area contributed by atoms with Crippen molar-refractivity contribution in [2.45, 2.75) is 19.8 Å². The van der Waals surface area contributed by atoms with Gasteiger partial charge in [-0.25, -0.2) is 0 Å². The first-order valence-electron chi connectivity index (χ1n) is 4.53. The Morgan fingerprint density at radius 1 is 1.50 bits per heavy atom. The molecular weight excluding hydrogens is 152 g/mol. The normalized spacial score (nSPS) is 21.7. The zero-order valence-corrected chi connectivity index (χ0v) is 7.60. The first kappa shape index (κ1) is 9.50. The Labute approximate surface area is 73.7 Å². The number of nitrogens with one attached hydrogen (secondary N) is 1. The van der Waals surface area contributed by atoms with Crippen LogP contribution < -0.4 is 5.32 Å². The monoisotopic (exact) mass is 168 g/mol. The largest absolute Gasteiger partial charge is 0.380 e. The van der Waals surface area contributed by atoms with Crippen molar-refractivity contribution in [3.05, 3.63) is 0 Å². The SMILES string of the molecule is CCOCC1(C#N)CCNCC1. The molecule has 0 spiro atoms. The maximum atomic E-state index is 9.01. The van der Waals surface area contributed by atoms with E-state index in [4.69, 9.17) is 10.00 Å². The number of piperidine rings is 1. The highest BCUT2D eigenvalue weighted by molar-refractivity contribution is 5.01. The molecule has 0 unspecified atom stereocenters. The van der Waals surface area contributed by atoms with Crippen LogP contribution in [0, 0.1) is 16.7 Å². The summed E-state index contributed by atoms with van der Waals surface area (Å²) in [6, 6.07) is 2.39. The Kier molecular flexibility index (Phi) is 3.51. The fourth-order valence-corrected chi connectivity index (χ4v) is 1.49. The molecule has 1 rings (SSSR count). The van der Waals surface area contributed by atoms with E-state index in [1.807, 2.05) is 6.92 Å². The number of ether oxygens (including phenoxy) is 1. The third kappa shape index (κ3) is 2.20. The van der Waals surface area contributed by atoms with E-state index >= 15 is 0 Å². The van der Waals surface area contributed by atoms with E-state index in [1.54, 1.807) is 0 Å². The summed E-state index contributed by atoms with van der Waals surface area (Å²) in [6.07, 6.45) is 1.84. The second-order valence-electron chi connectivity index (χ2n) is 3.28. The molecule has 12 heavy (non-hydrogen) atoms. The van der Waals surface area contributed by atoms with Crippen molar-refractivity contribution in [2.24, 2.45) is 5.41 Å². The van der Waals surface area contributed by atoms with Crippen LogP contribution in [0.15, 0.2) is 0 Å². The van der Waals surface area contributed by atoms with Crippen molar-refractivity contribution < 1.29 is 4.74 Å². The molecule has 0 aromatic heterocycles. The maximum Gasteiger partial charge on any atom is 0.0831 e. The standard InChI is InChI=1S/C9H16N2O/c1-2-12-8-9(7-10)3-5-11-6-4-9/h11H,2-6,8H2,1H3. The van der Waals surface area contributed by atoms with Crippen LogP contribution in [0.2, 0.25) is 0 Å². The minimum atomic E-state index is -0.207. The van der Waals surface area contributed by atoms with E-state index in [0.29, 0.717) is 13.2 Å². The molecule has 0 aromatic carbocycles. The predicted octanol–water partition coefficient (Wildman–Crippen LogP) is 0.916. The van der Waals surface area contributed by atoms with Gasteiger partial charge in [0.15, 0.2) is 0 Å². The minimum Gasteiger partial charge on any atom is -0.380 e. The molecule has 0 radical (unpaired) electrons. The van der Waals surface area contributed by atoms with Gasteiger partial charge in [-0.15, -0.1) is 0 Å². The van der Waals surface area contributed by atoms with Gasteiger partial charge in [-0.2, -0.15) is 5.26 Å². The zero-order chi connectivity index (χ0) is 8.86. The summed E-state index contributed by atoms with van der Waals surface area (Å²) in [5.41, 5.74) is -0.207. The van der Waals surface area contributed by atoms with Gasteiger partial charge in [-0.05, 0) is 32.9 Å². The van der Waals surface area contributed by atoms with Crippen molar-refractivity contribution in [3.8, 4) is 6.07 Å². The number of nitriles is 1. The lowest BCUT2D eigenvalue weighted by atomic mass is 9.81. The molecule has 1 N–H and O–H groups in total. The van der Waals surface area contributed by atoms with Crippen LogP contribution in [0.25, 0.3) is 0 Å². The van der Waals surface area contributed by atoms with Gasteiger partial charge >= 0.3 is 0 Å². The summed E-state index contributed by atoms with van der Waals surface area (Å²) in [7, 11) is 0. The average Bonchev–Trinajstić information content (AvgIpc) is 2.16. The third-order valence-corrected chi connectivity index (χ3v) is 2.38. The van der Waals surface area contributed by atoms with E-state index in [1.165, 1.54) is 0 Å². The molecule has 0 saturated carbocycles. The Morgan fingerprint density at radius 2 is 2.17 bits per heavy atom. The highest BCUT2D eigenvalue weighted by Gasteiger charge is 2.31. The molecule has 0 aliphatic carbocycles. The van der Waals surface area contributed by atoms with Gasteiger partial charge in [-0.1, -0.05) is 0 Å². The van der Waals surface area contributed by atoms with E-state index in [0.717, 1.165) is 25.9 Å². The number of hydrogen-bond donors (Lipinski definition) is 1. The third-order valence-electron chi connectivity index (χ3n) is 2.38. The molecule has 0 bridgehead atoms. The van der Waals surface area contributed by atoms with Gasteiger partial charge in [0.1, 0.15) is 0 Å². The molecule has 0 atom stereocenters. The van der Waals surface area contributed by atoms with Crippen LogP contribution in [0.1, 0.15) is 19.8 Å². The quantitative estimate of drug-likeness (QED) is 0.681. The highest BCUT2D eigenvalue weighted by atomic mass is 16.5. The lowest BCUT2D eigenvalue weighted by molar-refractivity contribution is 0.0635. The summed E-state index contributed by atoms with van der Waals surface area (Å²) < 4.78 is 5.32. The molecule has 3 heteroatoms. The summed E-state index contributed by atoms with van der Waals surface area (Å²) >= 11 is 0. The molecule has 1 fully saturated rings. The van der Waals surface area contributed by atoms with Crippen LogP contribution in [-0.4, -0.2) is 26.3 Å². The van der Waals surface area contributed by atoms with Gasteiger partial charge in [-0.3, -0.25) is 0 Å². The summed E-state index contributed by atoms with van der Waals surface area (Å²) in [6.45, 7) is 5.16. The molecule has 0 aromatic rings. The summed E-state index contributed by atoms with van der Waals surface area (Å²) in [4.78, 5) is 0. The number of rotatable bonds is 3. The van der Waals surface area contributed by atoms with Gasteiger partial charge in [0.25, 0.3) is 0 Å². The second kappa shape index (κ2) is 4.44. The van der Waals surface area contributed by atoms with Crippen LogP contribution in [-0.2, 0) is 4.74 Å². The van der Waals surface area contributed by atoms with Crippen LogP contribution >= 0.6 is 0 Å². The Hall–Kier alpha value is -0.590.